The molecule has 0 unspecified atom stereocenters. The zero-order chi connectivity index (χ0) is 26.7. The van der Waals surface area contributed by atoms with E-state index in [0.29, 0.717) is 30.0 Å². The molecule has 0 atom stereocenters. The summed E-state index contributed by atoms with van der Waals surface area (Å²) in [5.74, 6) is -1.05. The summed E-state index contributed by atoms with van der Waals surface area (Å²) in [5, 5.41) is 6.23. The molecule has 0 saturated carbocycles. The number of rotatable bonds is 7. The number of thiazole rings is 1. The summed E-state index contributed by atoms with van der Waals surface area (Å²) in [6.07, 6.45) is -4.55. The second-order valence-electron chi connectivity index (χ2n) is 8.41. The van der Waals surface area contributed by atoms with Gasteiger partial charge in [0.15, 0.2) is 5.13 Å². The molecule has 0 saturated heterocycles. The van der Waals surface area contributed by atoms with Crippen LogP contribution in [0, 0.1) is 6.92 Å². The Morgan fingerprint density at radius 2 is 1.73 bits per heavy atom. The second kappa shape index (κ2) is 10.6. The number of alkyl halides is 3. The van der Waals surface area contributed by atoms with E-state index < -0.39 is 17.6 Å². The fraction of sp³-hybridized carbons (Fsp3) is 0.192. The highest BCUT2D eigenvalue weighted by atomic mass is 32.1. The first-order chi connectivity index (χ1) is 17.5. The number of amides is 2. The van der Waals surface area contributed by atoms with Crippen molar-refractivity contribution in [2.45, 2.75) is 13.1 Å². The summed E-state index contributed by atoms with van der Waals surface area (Å²) in [6.45, 7) is 2.95. The van der Waals surface area contributed by atoms with Crippen LogP contribution in [0.2, 0.25) is 0 Å². The third-order valence-corrected chi connectivity index (χ3v) is 6.76. The van der Waals surface area contributed by atoms with E-state index in [1.165, 1.54) is 23.5 Å². The number of likely N-dealkylation sites (N-methyl/N-ethyl adjacent to an activating group) is 1. The lowest BCUT2D eigenvalue weighted by Crippen LogP contribution is -2.24. The predicted octanol–water partition coefficient (Wildman–Crippen LogP) is 5.52. The Morgan fingerprint density at radius 3 is 2.46 bits per heavy atom. The molecule has 0 fully saturated rings. The van der Waals surface area contributed by atoms with Crippen molar-refractivity contribution in [3.63, 3.8) is 0 Å². The van der Waals surface area contributed by atoms with Gasteiger partial charge < -0.3 is 21.3 Å². The van der Waals surface area contributed by atoms with Crippen molar-refractivity contribution in [1.82, 2.24) is 4.98 Å². The van der Waals surface area contributed by atoms with Crippen molar-refractivity contribution in [1.29, 1.82) is 0 Å². The van der Waals surface area contributed by atoms with Gasteiger partial charge in [-0.2, -0.15) is 13.2 Å². The highest BCUT2D eigenvalue weighted by Gasteiger charge is 2.31. The Morgan fingerprint density at radius 1 is 1.00 bits per heavy atom. The first-order valence-electron chi connectivity index (χ1n) is 11.3. The quantitative estimate of drug-likeness (QED) is 0.294. The van der Waals surface area contributed by atoms with Crippen LogP contribution in [0.4, 0.5) is 29.7 Å². The molecule has 0 bridgehead atoms. The number of aryl methyl sites for hydroxylation is 1. The molecule has 0 aliphatic rings. The number of aromatic nitrogens is 1. The molecule has 0 aliphatic heterocycles. The molecule has 0 spiro atoms. The van der Waals surface area contributed by atoms with Crippen LogP contribution < -0.4 is 21.3 Å². The smallest absolute Gasteiger partial charge is 0.350 e. The first kappa shape index (κ1) is 26.1. The van der Waals surface area contributed by atoms with Gasteiger partial charge in [0.1, 0.15) is 0 Å². The largest absolute Gasteiger partial charge is 0.416 e. The zero-order valence-corrected chi connectivity index (χ0v) is 20.8. The molecule has 2 amide bonds. The minimum atomic E-state index is -4.55. The van der Waals surface area contributed by atoms with Crippen LogP contribution in [0.3, 0.4) is 0 Å². The number of nitrogens with one attached hydrogen (secondary N) is 2. The second-order valence-corrected chi connectivity index (χ2v) is 9.41. The molecule has 4 N–H and O–H groups in total. The summed E-state index contributed by atoms with van der Waals surface area (Å²) >= 11 is 1.46. The van der Waals surface area contributed by atoms with E-state index in [2.05, 4.69) is 15.6 Å². The van der Waals surface area contributed by atoms with Crippen molar-refractivity contribution in [3.05, 3.63) is 82.9 Å². The highest BCUT2D eigenvalue weighted by molar-refractivity contribution is 7.22. The lowest BCUT2D eigenvalue weighted by Gasteiger charge is -2.13. The number of carbonyl (C=O) groups excluding carboxylic acids is 2. The van der Waals surface area contributed by atoms with Crippen molar-refractivity contribution in [2.75, 3.05) is 35.7 Å². The summed E-state index contributed by atoms with van der Waals surface area (Å²) in [6, 6.07) is 14.3. The molecule has 192 valence electrons. The Balaban J connectivity index is 1.50. The van der Waals surface area contributed by atoms with Gasteiger partial charge in [0.05, 0.1) is 15.8 Å². The normalized spacial score (nSPS) is 11.4. The van der Waals surface area contributed by atoms with Crippen molar-refractivity contribution < 1.29 is 22.8 Å². The molecule has 7 nitrogen and oxygen atoms in total. The van der Waals surface area contributed by atoms with E-state index in [1.807, 2.05) is 11.9 Å². The maximum absolute atomic E-state index is 13.0. The molecule has 4 rings (SSSR count). The van der Waals surface area contributed by atoms with Gasteiger partial charge in [0, 0.05) is 42.6 Å². The van der Waals surface area contributed by atoms with E-state index in [9.17, 15) is 22.8 Å². The van der Waals surface area contributed by atoms with Gasteiger partial charge in [-0.05, 0) is 61.0 Å². The van der Waals surface area contributed by atoms with Gasteiger partial charge in [0.2, 0.25) is 0 Å². The van der Waals surface area contributed by atoms with Crippen LogP contribution in [-0.4, -0.2) is 36.9 Å². The molecule has 37 heavy (non-hydrogen) atoms. The number of hydrogen-bond acceptors (Lipinski definition) is 6. The Kier molecular flexibility index (Phi) is 7.46. The maximum atomic E-state index is 13.0. The third-order valence-electron chi connectivity index (χ3n) is 5.63. The molecule has 3 aromatic carbocycles. The SMILES string of the molecule is Cc1ccc(NC(=O)c2cccc(C(F)(F)F)c2)cc1NC(=O)c1ccc2nc(N(C)CCN)sc2c1. The predicted molar refractivity (Wildman–Crippen MR) is 140 cm³/mol. The molecule has 0 radical (unpaired) electrons. The highest BCUT2D eigenvalue weighted by Crippen LogP contribution is 2.31. The van der Waals surface area contributed by atoms with Crippen molar-refractivity contribution >= 4 is 49.9 Å². The Bertz CT molecular complexity index is 1470. The molecule has 11 heteroatoms. The molecule has 0 aliphatic carbocycles. The van der Waals surface area contributed by atoms with E-state index in [-0.39, 0.29) is 11.5 Å². The van der Waals surface area contributed by atoms with E-state index in [4.69, 9.17) is 5.73 Å². The fourth-order valence-electron chi connectivity index (χ4n) is 3.58. The van der Waals surface area contributed by atoms with E-state index in [0.717, 1.165) is 33.0 Å². The average molecular weight is 528 g/mol. The minimum Gasteiger partial charge on any atom is -0.350 e. The lowest BCUT2D eigenvalue weighted by atomic mass is 10.1. The van der Waals surface area contributed by atoms with Crippen LogP contribution in [0.15, 0.2) is 60.7 Å². The number of nitrogens with two attached hydrogens (primary N) is 1. The first-order valence-corrected chi connectivity index (χ1v) is 12.1. The molecule has 4 aromatic rings. The number of hydrogen-bond donors (Lipinski definition) is 3. The summed E-state index contributed by atoms with van der Waals surface area (Å²) in [5.41, 5.74) is 7.32. The summed E-state index contributed by atoms with van der Waals surface area (Å²) < 4.78 is 39.8. The van der Waals surface area contributed by atoms with Crippen molar-refractivity contribution in [2.24, 2.45) is 5.73 Å². The van der Waals surface area contributed by atoms with Crippen LogP contribution in [0.25, 0.3) is 10.2 Å². The maximum Gasteiger partial charge on any atom is 0.416 e. The summed E-state index contributed by atoms with van der Waals surface area (Å²) in [7, 11) is 1.90. The number of halogens is 3. The van der Waals surface area contributed by atoms with Crippen molar-refractivity contribution in [3.8, 4) is 0 Å². The topological polar surface area (TPSA) is 100 Å². The Hall–Kier alpha value is -3.96. The monoisotopic (exact) mass is 527 g/mol. The standard InChI is InChI=1S/C26H24F3N5O2S/c1-15-6-8-19(31-23(35)16-4-3-5-18(12-16)26(27,28)29)14-21(15)32-24(36)17-7-9-20-22(13-17)37-25(33-20)34(2)11-10-30/h3-9,12-14H,10-11,30H2,1-2H3,(H,31,35)(H,32,36). The number of benzene rings is 3. The van der Waals surface area contributed by atoms with Gasteiger partial charge in [0.25, 0.3) is 11.8 Å². The third kappa shape index (κ3) is 6.07. The lowest BCUT2D eigenvalue weighted by molar-refractivity contribution is -0.137. The van der Waals surface area contributed by atoms with Crippen LogP contribution in [-0.2, 0) is 6.18 Å². The van der Waals surface area contributed by atoms with Gasteiger partial charge in [-0.3, -0.25) is 9.59 Å². The van der Waals surface area contributed by atoms with E-state index in [1.54, 1.807) is 43.3 Å². The average Bonchev–Trinajstić information content (AvgIpc) is 3.29. The van der Waals surface area contributed by atoms with Crippen LogP contribution >= 0.6 is 11.3 Å². The van der Waals surface area contributed by atoms with Gasteiger partial charge in [-0.1, -0.05) is 23.5 Å². The zero-order valence-electron chi connectivity index (χ0n) is 20.0. The fourth-order valence-corrected chi connectivity index (χ4v) is 4.57. The number of anilines is 3. The number of carbonyl (C=O) groups is 2. The van der Waals surface area contributed by atoms with Crippen LogP contribution in [0.5, 0.6) is 0 Å². The number of nitrogens with zero attached hydrogens (tertiary/aromatic N) is 2. The van der Waals surface area contributed by atoms with Crippen LogP contribution in [0.1, 0.15) is 31.8 Å². The van der Waals surface area contributed by atoms with E-state index >= 15 is 0 Å². The van der Waals surface area contributed by atoms with Gasteiger partial charge in [-0.25, -0.2) is 4.98 Å². The molecule has 1 aromatic heterocycles. The minimum absolute atomic E-state index is 0.129. The molecular weight excluding hydrogens is 503 g/mol. The molecular formula is C26H24F3N5O2S. The number of fused-ring (bicyclic) bond motifs is 1. The Labute approximate surface area is 215 Å². The molecule has 1 heterocycles. The summed E-state index contributed by atoms with van der Waals surface area (Å²) in [4.78, 5) is 32.1. The van der Waals surface area contributed by atoms with Gasteiger partial charge in [-0.15, -0.1) is 0 Å². The van der Waals surface area contributed by atoms with Gasteiger partial charge >= 0.3 is 6.18 Å².